The van der Waals surface area contributed by atoms with Gasteiger partial charge in [0.1, 0.15) is 5.75 Å². The number of hydrogen-bond donors (Lipinski definition) is 3. The van der Waals surface area contributed by atoms with Crippen molar-refractivity contribution >= 4 is 56.5 Å². The van der Waals surface area contributed by atoms with Gasteiger partial charge in [0, 0.05) is 21.2 Å². The van der Waals surface area contributed by atoms with Crippen LogP contribution in [0.25, 0.3) is 0 Å². The predicted molar refractivity (Wildman–Crippen MR) is 114 cm³/mol. The number of phenols is 2. The topological polar surface area (TPSA) is 94.8 Å². The summed E-state index contributed by atoms with van der Waals surface area (Å²) >= 11 is 24.3. The number of phenolic OH excluding ortho intramolecular Hbond substituents is 2. The molecule has 0 amide bonds. The molecule has 3 N–H and O–H groups in total. The van der Waals surface area contributed by atoms with Crippen LogP contribution < -0.4 is 0 Å². The Hall–Kier alpha value is -1.67. The van der Waals surface area contributed by atoms with Crippen molar-refractivity contribution < 1.29 is 23.2 Å². The van der Waals surface area contributed by atoms with E-state index in [0.717, 1.165) is 0 Å². The minimum atomic E-state index is -5.11. The lowest BCUT2D eigenvalue weighted by Gasteiger charge is -2.34. The van der Waals surface area contributed by atoms with Crippen LogP contribution in [0.3, 0.4) is 0 Å². The van der Waals surface area contributed by atoms with Crippen LogP contribution in [0.2, 0.25) is 20.1 Å². The Morgan fingerprint density at radius 1 is 0.793 bits per heavy atom. The number of benzene rings is 3. The summed E-state index contributed by atoms with van der Waals surface area (Å²) in [5.74, 6) is -1.08. The van der Waals surface area contributed by atoms with Gasteiger partial charge in [-0.15, -0.1) is 0 Å². The highest BCUT2D eigenvalue weighted by atomic mass is 35.5. The number of halogens is 4. The van der Waals surface area contributed by atoms with E-state index in [2.05, 4.69) is 0 Å². The van der Waals surface area contributed by atoms with Crippen molar-refractivity contribution in [3.05, 3.63) is 91.4 Å². The van der Waals surface area contributed by atoms with Gasteiger partial charge in [-0.3, -0.25) is 4.55 Å². The highest BCUT2D eigenvalue weighted by molar-refractivity contribution is 7.87. The molecule has 0 aromatic heterocycles. The fraction of sp³-hybridized carbons (Fsp3) is 0.0526. The van der Waals surface area contributed by atoms with E-state index in [1.54, 1.807) is 0 Å². The maximum Gasteiger partial charge on any atom is 0.283 e. The van der Waals surface area contributed by atoms with Crippen molar-refractivity contribution in [3.8, 4) is 11.5 Å². The molecule has 3 aromatic carbocycles. The van der Waals surface area contributed by atoms with Crippen LogP contribution in [0, 0.1) is 0 Å². The normalized spacial score (nSPS) is 13.8. The van der Waals surface area contributed by atoms with Gasteiger partial charge in [0.15, 0.2) is 10.5 Å². The SMILES string of the molecule is O=S(=O)(O)C(c1cccc(Cl)c1)(c1cc(Cl)ccc1O)c1ccc(Cl)c(O)c1Cl. The molecule has 0 radical (unpaired) electrons. The van der Waals surface area contributed by atoms with E-state index >= 15 is 0 Å². The molecule has 1 atom stereocenters. The van der Waals surface area contributed by atoms with Crippen LogP contribution >= 0.6 is 46.4 Å². The molecule has 0 bridgehead atoms. The summed E-state index contributed by atoms with van der Waals surface area (Å²) < 4.78 is 33.9. The van der Waals surface area contributed by atoms with Gasteiger partial charge >= 0.3 is 0 Å². The number of hydrogen-bond acceptors (Lipinski definition) is 4. The Labute approximate surface area is 186 Å². The van der Waals surface area contributed by atoms with Gasteiger partial charge in [-0.2, -0.15) is 8.42 Å². The Balaban J connectivity index is 2.63. The summed E-state index contributed by atoms with van der Waals surface area (Å²) in [5.41, 5.74) is -0.601. The molecule has 0 aliphatic rings. The Morgan fingerprint density at radius 2 is 1.45 bits per heavy atom. The van der Waals surface area contributed by atoms with E-state index in [1.807, 2.05) is 0 Å². The summed E-state index contributed by atoms with van der Waals surface area (Å²) in [6, 6.07) is 11.7. The molecule has 29 heavy (non-hydrogen) atoms. The molecule has 0 aliphatic carbocycles. The van der Waals surface area contributed by atoms with Crippen molar-refractivity contribution in [2.45, 2.75) is 4.75 Å². The van der Waals surface area contributed by atoms with Crippen molar-refractivity contribution in [1.82, 2.24) is 0 Å². The van der Waals surface area contributed by atoms with Crippen LogP contribution in [0.15, 0.2) is 54.6 Å². The molecule has 5 nitrogen and oxygen atoms in total. The number of aromatic hydroxyl groups is 2. The lowest BCUT2D eigenvalue weighted by Crippen LogP contribution is -2.38. The molecule has 0 aliphatic heterocycles. The van der Waals surface area contributed by atoms with E-state index in [-0.39, 0.29) is 31.8 Å². The van der Waals surface area contributed by atoms with E-state index in [0.29, 0.717) is 0 Å². The Kier molecular flexibility index (Phi) is 5.98. The second-order valence-electron chi connectivity index (χ2n) is 6.09. The number of rotatable bonds is 4. The average Bonchev–Trinajstić information content (AvgIpc) is 2.64. The maximum absolute atomic E-state index is 13.0. The second kappa shape index (κ2) is 7.87. The molecular weight excluding hydrogens is 482 g/mol. The van der Waals surface area contributed by atoms with Crippen LogP contribution in [0.1, 0.15) is 16.7 Å². The highest BCUT2D eigenvalue weighted by Crippen LogP contribution is 2.52. The van der Waals surface area contributed by atoms with E-state index in [1.165, 1.54) is 54.6 Å². The van der Waals surface area contributed by atoms with Gasteiger partial charge in [-0.05, 0) is 42.0 Å². The first kappa shape index (κ1) is 22.0. The monoisotopic (exact) mass is 492 g/mol. The van der Waals surface area contributed by atoms with Crippen LogP contribution in [-0.2, 0) is 14.9 Å². The fourth-order valence-corrected chi connectivity index (χ4v) is 5.44. The van der Waals surface area contributed by atoms with Crippen LogP contribution in [0.4, 0.5) is 0 Å². The first-order valence-electron chi connectivity index (χ1n) is 7.89. The summed E-state index contributed by atoms with van der Waals surface area (Å²) in [4.78, 5) is 0. The van der Waals surface area contributed by atoms with Crippen LogP contribution in [0.5, 0.6) is 11.5 Å². The molecular formula is C19H12Cl4O5S. The zero-order valence-corrected chi connectivity index (χ0v) is 18.1. The molecule has 0 heterocycles. The molecule has 10 heteroatoms. The zero-order chi connectivity index (χ0) is 21.6. The molecule has 0 saturated heterocycles. The standard InChI is InChI=1S/C19H12Cl4O5S/c20-11-3-1-2-10(8-11)19(29(26,27)28,14-9-12(21)4-7-16(14)24)13-5-6-15(22)18(25)17(13)23/h1-9,24-25H,(H,26,27,28). The van der Waals surface area contributed by atoms with Crippen molar-refractivity contribution in [2.24, 2.45) is 0 Å². The zero-order valence-electron chi connectivity index (χ0n) is 14.3. The first-order valence-corrected chi connectivity index (χ1v) is 10.8. The summed E-state index contributed by atoms with van der Waals surface area (Å²) in [5, 5.41) is 20.4. The smallest absolute Gasteiger partial charge is 0.283 e. The summed E-state index contributed by atoms with van der Waals surface area (Å²) in [6.07, 6.45) is 0. The molecule has 0 fully saturated rings. The minimum absolute atomic E-state index is 0.0475. The van der Waals surface area contributed by atoms with Gasteiger partial charge in [0.2, 0.25) is 0 Å². The average molecular weight is 494 g/mol. The van der Waals surface area contributed by atoms with Crippen LogP contribution in [-0.4, -0.2) is 23.2 Å². The van der Waals surface area contributed by atoms with Crippen molar-refractivity contribution in [1.29, 1.82) is 0 Å². The third-order valence-corrected chi connectivity index (χ3v) is 7.01. The van der Waals surface area contributed by atoms with E-state index in [4.69, 9.17) is 46.4 Å². The lowest BCUT2D eigenvalue weighted by atomic mass is 9.83. The lowest BCUT2D eigenvalue weighted by molar-refractivity contribution is 0.439. The van der Waals surface area contributed by atoms with Gasteiger partial charge in [0.25, 0.3) is 10.1 Å². The highest BCUT2D eigenvalue weighted by Gasteiger charge is 2.52. The quantitative estimate of drug-likeness (QED) is 0.311. The second-order valence-corrected chi connectivity index (χ2v) is 9.31. The largest absolute Gasteiger partial charge is 0.508 e. The fourth-order valence-electron chi connectivity index (χ4n) is 3.19. The summed E-state index contributed by atoms with van der Waals surface area (Å²) in [6.45, 7) is 0. The van der Waals surface area contributed by atoms with E-state index < -0.39 is 31.4 Å². The maximum atomic E-state index is 13.0. The Morgan fingerprint density at radius 3 is 2.07 bits per heavy atom. The third-order valence-electron chi connectivity index (χ3n) is 4.40. The van der Waals surface area contributed by atoms with Crippen molar-refractivity contribution in [3.63, 3.8) is 0 Å². The van der Waals surface area contributed by atoms with Gasteiger partial charge in [0.05, 0.1) is 10.0 Å². The molecule has 1 unspecified atom stereocenters. The third kappa shape index (κ3) is 3.65. The van der Waals surface area contributed by atoms with E-state index in [9.17, 15) is 23.2 Å². The molecule has 0 saturated carbocycles. The van der Waals surface area contributed by atoms with Gasteiger partial charge < -0.3 is 10.2 Å². The van der Waals surface area contributed by atoms with Gasteiger partial charge in [-0.25, -0.2) is 0 Å². The Bertz CT molecular complexity index is 1210. The minimum Gasteiger partial charge on any atom is -0.508 e. The molecule has 3 rings (SSSR count). The predicted octanol–water partition coefficient (Wildman–Crippen LogP) is 5.89. The van der Waals surface area contributed by atoms with Gasteiger partial charge in [-0.1, -0.05) is 64.6 Å². The van der Waals surface area contributed by atoms with Crippen molar-refractivity contribution in [2.75, 3.05) is 0 Å². The molecule has 152 valence electrons. The molecule has 3 aromatic rings. The molecule has 0 spiro atoms. The summed E-state index contributed by atoms with van der Waals surface area (Å²) in [7, 11) is -5.11. The first-order chi connectivity index (χ1) is 13.5.